The molecule has 0 amide bonds. The molecule has 104 valence electrons. The van der Waals surface area contributed by atoms with Gasteiger partial charge in [0.1, 0.15) is 4.99 Å². The third kappa shape index (κ3) is 4.36. The summed E-state index contributed by atoms with van der Waals surface area (Å²) in [5.74, 6) is 0. The fourth-order valence-corrected chi connectivity index (χ4v) is 3.16. The summed E-state index contributed by atoms with van der Waals surface area (Å²) < 4.78 is 0. The van der Waals surface area contributed by atoms with Crippen LogP contribution in [0, 0.1) is 0 Å². The van der Waals surface area contributed by atoms with Crippen molar-refractivity contribution >= 4 is 34.5 Å². The highest BCUT2D eigenvalue weighted by molar-refractivity contribution is 7.80. The van der Waals surface area contributed by atoms with E-state index in [0.717, 1.165) is 11.3 Å². The number of rotatable bonds is 3. The van der Waals surface area contributed by atoms with E-state index in [2.05, 4.69) is 5.32 Å². The van der Waals surface area contributed by atoms with Crippen LogP contribution in [-0.4, -0.2) is 11.0 Å². The van der Waals surface area contributed by atoms with Crippen LogP contribution in [0.5, 0.6) is 0 Å². The first-order valence-corrected chi connectivity index (χ1v) is 7.81. The average Bonchev–Trinajstić information content (AvgIpc) is 2.32. The summed E-state index contributed by atoms with van der Waals surface area (Å²) in [5.41, 5.74) is 7.43. The molecule has 2 nitrogen and oxygen atoms in total. The molecule has 2 rings (SSSR count). The molecule has 1 saturated carbocycles. The van der Waals surface area contributed by atoms with Crippen LogP contribution >= 0.6 is 23.8 Å². The first kappa shape index (κ1) is 14.6. The first-order valence-electron chi connectivity index (χ1n) is 7.02. The largest absolute Gasteiger partial charge is 0.389 e. The Hall–Kier alpha value is -0.800. The summed E-state index contributed by atoms with van der Waals surface area (Å²) in [6, 6.07) is 6.40. The molecular weight excluding hydrogens is 276 g/mol. The van der Waals surface area contributed by atoms with Gasteiger partial charge in [0.2, 0.25) is 0 Å². The highest BCUT2D eigenvalue weighted by Gasteiger charge is 2.12. The fourth-order valence-electron chi connectivity index (χ4n) is 2.64. The number of benzene rings is 1. The van der Waals surface area contributed by atoms with Gasteiger partial charge in [-0.2, -0.15) is 0 Å². The van der Waals surface area contributed by atoms with Crippen molar-refractivity contribution < 1.29 is 0 Å². The predicted molar refractivity (Wildman–Crippen MR) is 87.1 cm³/mol. The number of hydrogen-bond acceptors (Lipinski definition) is 2. The van der Waals surface area contributed by atoms with Gasteiger partial charge < -0.3 is 11.1 Å². The van der Waals surface area contributed by atoms with Gasteiger partial charge in [-0.3, -0.25) is 0 Å². The van der Waals surface area contributed by atoms with E-state index in [-0.39, 0.29) is 0 Å². The van der Waals surface area contributed by atoms with Gasteiger partial charge in [-0.05, 0) is 31.0 Å². The summed E-state index contributed by atoms with van der Waals surface area (Å²) in [6.45, 7) is 0. The van der Waals surface area contributed by atoms with Crippen molar-refractivity contribution in [1.29, 1.82) is 0 Å². The number of thiocarbonyl (C=S) groups is 1. The molecule has 4 heteroatoms. The topological polar surface area (TPSA) is 38.0 Å². The van der Waals surface area contributed by atoms with E-state index in [1.807, 2.05) is 18.2 Å². The van der Waals surface area contributed by atoms with Crippen LogP contribution in [0.3, 0.4) is 0 Å². The van der Waals surface area contributed by atoms with Crippen LogP contribution in [0.4, 0.5) is 5.69 Å². The summed E-state index contributed by atoms with van der Waals surface area (Å²) in [6.07, 6.45) is 9.23. The van der Waals surface area contributed by atoms with E-state index in [9.17, 15) is 0 Å². The van der Waals surface area contributed by atoms with Crippen molar-refractivity contribution in [3.8, 4) is 0 Å². The zero-order chi connectivity index (χ0) is 13.7. The van der Waals surface area contributed by atoms with E-state index in [0.29, 0.717) is 16.1 Å². The highest BCUT2D eigenvalue weighted by Crippen LogP contribution is 2.24. The van der Waals surface area contributed by atoms with Crippen molar-refractivity contribution in [2.24, 2.45) is 5.73 Å². The van der Waals surface area contributed by atoms with Gasteiger partial charge in [0.25, 0.3) is 0 Å². The third-order valence-corrected chi connectivity index (χ3v) is 4.24. The Bertz CT molecular complexity index is 440. The Morgan fingerprint density at radius 1 is 1.16 bits per heavy atom. The Morgan fingerprint density at radius 2 is 1.79 bits per heavy atom. The molecule has 0 spiro atoms. The van der Waals surface area contributed by atoms with E-state index in [1.165, 1.54) is 44.9 Å². The molecule has 0 heterocycles. The van der Waals surface area contributed by atoms with Crippen molar-refractivity contribution in [2.45, 2.75) is 51.0 Å². The molecule has 1 aromatic rings. The standard InChI is InChI=1S/C15H21ClN2S/c16-14-10-12(8-9-13(14)15(17)19)18-11-6-4-2-1-3-5-7-11/h8-11,18H,1-7H2,(H2,17,19). The second-order valence-corrected chi connectivity index (χ2v) is 6.09. The number of nitrogens with two attached hydrogens (primary N) is 1. The molecule has 1 aromatic carbocycles. The first-order chi connectivity index (χ1) is 9.16. The van der Waals surface area contributed by atoms with Crippen LogP contribution in [0.1, 0.15) is 50.5 Å². The lowest BCUT2D eigenvalue weighted by Crippen LogP contribution is -2.20. The smallest absolute Gasteiger partial charge is 0.105 e. The van der Waals surface area contributed by atoms with E-state index in [1.54, 1.807) is 0 Å². The maximum absolute atomic E-state index is 6.19. The van der Waals surface area contributed by atoms with E-state index >= 15 is 0 Å². The quantitative estimate of drug-likeness (QED) is 0.807. The van der Waals surface area contributed by atoms with Crippen LogP contribution in [0.15, 0.2) is 18.2 Å². The average molecular weight is 297 g/mol. The molecule has 0 bridgehead atoms. The normalized spacial score (nSPS) is 17.5. The Kier molecular flexibility index (Phi) is 5.46. The minimum absolute atomic E-state index is 0.350. The molecule has 0 unspecified atom stereocenters. The van der Waals surface area contributed by atoms with Crippen molar-refractivity contribution in [3.05, 3.63) is 28.8 Å². The van der Waals surface area contributed by atoms with Gasteiger partial charge in [0.15, 0.2) is 0 Å². The van der Waals surface area contributed by atoms with E-state index in [4.69, 9.17) is 29.6 Å². The molecule has 1 aliphatic carbocycles. The molecule has 1 aliphatic rings. The van der Waals surface area contributed by atoms with Crippen LogP contribution < -0.4 is 11.1 Å². The lowest BCUT2D eigenvalue weighted by Gasteiger charge is -2.22. The van der Waals surface area contributed by atoms with Crippen molar-refractivity contribution in [3.63, 3.8) is 0 Å². The van der Waals surface area contributed by atoms with Crippen LogP contribution in [-0.2, 0) is 0 Å². The van der Waals surface area contributed by atoms with Crippen LogP contribution in [0.25, 0.3) is 0 Å². The number of nitrogens with one attached hydrogen (secondary N) is 1. The predicted octanol–water partition coefficient (Wildman–Crippen LogP) is 4.50. The third-order valence-electron chi connectivity index (χ3n) is 3.71. The summed E-state index contributed by atoms with van der Waals surface area (Å²) in [5, 5.41) is 4.22. The number of anilines is 1. The molecule has 0 aromatic heterocycles. The van der Waals surface area contributed by atoms with E-state index < -0.39 is 0 Å². The molecule has 0 radical (unpaired) electrons. The molecule has 0 aliphatic heterocycles. The minimum atomic E-state index is 0.350. The second-order valence-electron chi connectivity index (χ2n) is 5.25. The molecule has 0 atom stereocenters. The summed E-state index contributed by atoms with van der Waals surface area (Å²) in [4.78, 5) is 0.350. The van der Waals surface area contributed by atoms with Gasteiger partial charge in [-0.25, -0.2) is 0 Å². The van der Waals surface area contributed by atoms with Gasteiger partial charge >= 0.3 is 0 Å². The van der Waals surface area contributed by atoms with Gasteiger partial charge in [0, 0.05) is 17.3 Å². The van der Waals surface area contributed by atoms with Gasteiger partial charge in [-0.15, -0.1) is 0 Å². The van der Waals surface area contributed by atoms with Gasteiger partial charge in [-0.1, -0.05) is 55.9 Å². The SMILES string of the molecule is NC(=S)c1ccc(NC2CCCCCCC2)cc1Cl. The molecule has 19 heavy (non-hydrogen) atoms. The monoisotopic (exact) mass is 296 g/mol. The minimum Gasteiger partial charge on any atom is -0.389 e. The highest BCUT2D eigenvalue weighted by atomic mass is 35.5. The Labute approximate surface area is 125 Å². The molecule has 0 saturated heterocycles. The lowest BCUT2D eigenvalue weighted by atomic mass is 9.96. The molecule has 1 fully saturated rings. The van der Waals surface area contributed by atoms with Crippen LogP contribution in [0.2, 0.25) is 5.02 Å². The summed E-state index contributed by atoms with van der Waals surface area (Å²) in [7, 11) is 0. The maximum Gasteiger partial charge on any atom is 0.105 e. The lowest BCUT2D eigenvalue weighted by molar-refractivity contribution is 0.471. The number of hydrogen-bond donors (Lipinski definition) is 2. The van der Waals surface area contributed by atoms with Crippen molar-refractivity contribution in [1.82, 2.24) is 0 Å². The zero-order valence-electron chi connectivity index (χ0n) is 11.1. The maximum atomic E-state index is 6.19. The Morgan fingerprint density at radius 3 is 2.37 bits per heavy atom. The summed E-state index contributed by atoms with van der Waals surface area (Å²) >= 11 is 11.2. The fraction of sp³-hybridized carbons (Fsp3) is 0.533. The second kappa shape index (κ2) is 7.11. The molecular formula is C15H21ClN2S. The number of halogens is 1. The zero-order valence-corrected chi connectivity index (χ0v) is 12.7. The van der Waals surface area contributed by atoms with Crippen molar-refractivity contribution in [2.75, 3.05) is 5.32 Å². The molecule has 3 N–H and O–H groups in total. The Balaban J connectivity index is 2.01. The van der Waals surface area contributed by atoms with Gasteiger partial charge in [0.05, 0.1) is 5.02 Å².